The maximum Gasteiger partial charge on any atom is 0.293 e. The van der Waals surface area contributed by atoms with E-state index in [2.05, 4.69) is 14.7 Å². The third-order valence-electron chi connectivity index (χ3n) is 2.16. The fourth-order valence-electron chi connectivity index (χ4n) is 1.33. The van der Waals surface area contributed by atoms with Gasteiger partial charge in [0.25, 0.3) is 5.19 Å². The van der Waals surface area contributed by atoms with Gasteiger partial charge in [-0.2, -0.15) is 9.36 Å². The molecular formula is C9H15N3O2S. The van der Waals surface area contributed by atoms with Crippen molar-refractivity contribution in [3.8, 4) is 5.19 Å². The van der Waals surface area contributed by atoms with Crippen molar-refractivity contribution in [1.82, 2.24) is 14.7 Å². The van der Waals surface area contributed by atoms with E-state index < -0.39 is 0 Å². The van der Waals surface area contributed by atoms with Crippen LogP contribution in [0.4, 0.5) is 0 Å². The third-order valence-corrected chi connectivity index (χ3v) is 2.83. The second-order valence-electron chi connectivity index (χ2n) is 3.34. The molecule has 0 radical (unpaired) electrons. The minimum Gasteiger partial charge on any atom is -0.466 e. The van der Waals surface area contributed by atoms with Crippen LogP contribution in [-0.4, -0.2) is 41.8 Å². The molecule has 5 nitrogen and oxygen atoms in total. The van der Waals surface area contributed by atoms with Crippen LogP contribution in [0.25, 0.3) is 0 Å². The van der Waals surface area contributed by atoms with Gasteiger partial charge in [0, 0.05) is 31.0 Å². The average Bonchev–Trinajstić information content (AvgIpc) is 2.76. The Labute approximate surface area is 93.0 Å². The summed E-state index contributed by atoms with van der Waals surface area (Å²) in [6, 6.07) is 0. The fraction of sp³-hybridized carbons (Fsp3) is 0.778. The highest BCUT2D eigenvalue weighted by atomic mass is 32.1. The summed E-state index contributed by atoms with van der Waals surface area (Å²) < 4.78 is 15.2. The van der Waals surface area contributed by atoms with Crippen molar-refractivity contribution in [1.29, 1.82) is 0 Å². The summed E-state index contributed by atoms with van der Waals surface area (Å²) in [5.74, 6) is 0.845. The lowest BCUT2D eigenvalue weighted by atomic mass is 10.3. The Bertz CT molecular complexity index is 299. The quantitative estimate of drug-likeness (QED) is 0.813. The van der Waals surface area contributed by atoms with Crippen LogP contribution in [0.3, 0.4) is 0 Å². The maximum atomic E-state index is 5.51. The van der Waals surface area contributed by atoms with Crippen molar-refractivity contribution in [2.75, 3.05) is 26.3 Å². The van der Waals surface area contributed by atoms with E-state index in [0.717, 1.165) is 31.9 Å². The van der Waals surface area contributed by atoms with Crippen molar-refractivity contribution in [2.24, 2.45) is 0 Å². The minimum absolute atomic E-state index is 0.132. The molecule has 0 saturated carbocycles. The normalized spacial score (nSPS) is 21.5. The lowest BCUT2D eigenvalue weighted by molar-refractivity contribution is 0.000128. The van der Waals surface area contributed by atoms with Crippen LogP contribution in [0.2, 0.25) is 0 Å². The fourth-order valence-corrected chi connectivity index (χ4v) is 1.95. The predicted octanol–water partition coefficient (Wildman–Crippen LogP) is 0.468. The van der Waals surface area contributed by atoms with Crippen LogP contribution < -0.4 is 10.1 Å². The average molecular weight is 229 g/mol. The third kappa shape index (κ3) is 3.12. The number of nitrogens with zero attached hydrogens (tertiary/aromatic N) is 2. The molecule has 1 aliphatic heterocycles. The van der Waals surface area contributed by atoms with Gasteiger partial charge in [-0.25, -0.2) is 0 Å². The molecule has 1 aromatic rings. The maximum absolute atomic E-state index is 5.51. The molecule has 2 heterocycles. The van der Waals surface area contributed by atoms with Gasteiger partial charge in [0.05, 0.1) is 6.61 Å². The molecule has 84 valence electrons. The van der Waals surface area contributed by atoms with E-state index >= 15 is 0 Å². The SMILES string of the molecule is CCc1nsc(OCC2CNCCO2)n1. The van der Waals surface area contributed by atoms with Crippen molar-refractivity contribution < 1.29 is 9.47 Å². The summed E-state index contributed by atoms with van der Waals surface area (Å²) in [7, 11) is 0. The largest absolute Gasteiger partial charge is 0.466 e. The molecule has 1 aliphatic rings. The Kier molecular flexibility index (Phi) is 3.87. The van der Waals surface area contributed by atoms with Crippen LogP contribution in [0.5, 0.6) is 5.19 Å². The lowest BCUT2D eigenvalue weighted by Gasteiger charge is -2.22. The van der Waals surface area contributed by atoms with E-state index in [0.29, 0.717) is 11.8 Å². The van der Waals surface area contributed by atoms with Crippen LogP contribution in [0.1, 0.15) is 12.7 Å². The smallest absolute Gasteiger partial charge is 0.293 e. The Morgan fingerprint density at radius 2 is 2.60 bits per heavy atom. The Balaban J connectivity index is 1.76. The van der Waals surface area contributed by atoms with E-state index in [1.165, 1.54) is 11.5 Å². The highest BCUT2D eigenvalue weighted by Gasteiger charge is 2.14. The van der Waals surface area contributed by atoms with Crippen molar-refractivity contribution in [3.63, 3.8) is 0 Å². The molecule has 0 spiro atoms. The summed E-state index contributed by atoms with van der Waals surface area (Å²) >= 11 is 1.30. The number of aryl methyl sites for hydroxylation is 1. The number of ether oxygens (including phenoxy) is 2. The second kappa shape index (κ2) is 5.39. The van der Waals surface area contributed by atoms with Crippen LogP contribution in [-0.2, 0) is 11.2 Å². The molecule has 1 atom stereocenters. The first-order valence-electron chi connectivity index (χ1n) is 5.16. The van der Waals surface area contributed by atoms with E-state index in [-0.39, 0.29) is 6.10 Å². The minimum atomic E-state index is 0.132. The zero-order valence-electron chi connectivity index (χ0n) is 8.73. The first kappa shape index (κ1) is 10.8. The van der Waals surface area contributed by atoms with Gasteiger partial charge in [-0.1, -0.05) is 6.92 Å². The molecule has 0 bridgehead atoms. The second-order valence-corrected chi connectivity index (χ2v) is 4.05. The van der Waals surface area contributed by atoms with Crippen molar-refractivity contribution in [2.45, 2.75) is 19.4 Å². The molecule has 1 fully saturated rings. The summed E-state index contributed by atoms with van der Waals surface area (Å²) in [5, 5.41) is 3.89. The highest BCUT2D eigenvalue weighted by molar-refractivity contribution is 7.07. The molecule has 15 heavy (non-hydrogen) atoms. The van der Waals surface area contributed by atoms with E-state index in [9.17, 15) is 0 Å². The molecule has 0 amide bonds. The number of rotatable bonds is 4. The van der Waals surface area contributed by atoms with Crippen molar-refractivity contribution >= 4 is 11.5 Å². The standard InChI is InChI=1S/C9H15N3O2S/c1-2-8-11-9(15-12-8)14-6-7-5-10-3-4-13-7/h7,10H,2-6H2,1H3. The van der Waals surface area contributed by atoms with Gasteiger partial charge in [0.15, 0.2) is 0 Å². The van der Waals surface area contributed by atoms with Crippen molar-refractivity contribution in [3.05, 3.63) is 5.82 Å². The van der Waals surface area contributed by atoms with Gasteiger partial charge in [-0.3, -0.25) is 0 Å². The zero-order chi connectivity index (χ0) is 10.5. The van der Waals surface area contributed by atoms with Gasteiger partial charge in [-0.15, -0.1) is 0 Å². The number of aromatic nitrogens is 2. The Hall–Kier alpha value is -0.720. The number of morpholine rings is 1. The number of hydrogen-bond acceptors (Lipinski definition) is 6. The van der Waals surface area contributed by atoms with Crippen LogP contribution >= 0.6 is 11.5 Å². The van der Waals surface area contributed by atoms with E-state index in [1.807, 2.05) is 6.92 Å². The topological polar surface area (TPSA) is 56.3 Å². The predicted molar refractivity (Wildman–Crippen MR) is 57.4 cm³/mol. The monoisotopic (exact) mass is 229 g/mol. The van der Waals surface area contributed by atoms with Gasteiger partial charge < -0.3 is 14.8 Å². The van der Waals surface area contributed by atoms with E-state index in [1.54, 1.807) is 0 Å². The van der Waals surface area contributed by atoms with Gasteiger partial charge in [0.1, 0.15) is 18.5 Å². The number of nitrogens with one attached hydrogen (secondary N) is 1. The summed E-state index contributed by atoms with van der Waals surface area (Å²) in [4.78, 5) is 4.22. The molecular weight excluding hydrogens is 214 g/mol. The Morgan fingerprint density at radius 1 is 1.67 bits per heavy atom. The van der Waals surface area contributed by atoms with Gasteiger partial charge in [-0.05, 0) is 0 Å². The molecule has 1 unspecified atom stereocenters. The van der Waals surface area contributed by atoms with Crippen LogP contribution in [0.15, 0.2) is 0 Å². The first-order valence-corrected chi connectivity index (χ1v) is 5.93. The lowest BCUT2D eigenvalue weighted by Crippen LogP contribution is -2.41. The molecule has 1 aromatic heterocycles. The molecule has 0 aromatic carbocycles. The molecule has 1 N–H and O–H groups in total. The molecule has 1 saturated heterocycles. The van der Waals surface area contributed by atoms with E-state index in [4.69, 9.17) is 9.47 Å². The molecule has 0 aliphatic carbocycles. The van der Waals surface area contributed by atoms with Gasteiger partial charge >= 0.3 is 0 Å². The van der Waals surface area contributed by atoms with Crippen LogP contribution in [0, 0.1) is 0 Å². The van der Waals surface area contributed by atoms with Gasteiger partial charge in [0.2, 0.25) is 0 Å². The highest BCUT2D eigenvalue weighted by Crippen LogP contribution is 2.14. The summed E-state index contributed by atoms with van der Waals surface area (Å²) in [6.45, 7) is 5.10. The summed E-state index contributed by atoms with van der Waals surface area (Å²) in [6.07, 6.45) is 0.981. The molecule has 6 heteroatoms. The molecule has 2 rings (SSSR count). The Morgan fingerprint density at radius 3 is 3.27 bits per heavy atom. The zero-order valence-corrected chi connectivity index (χ0v) is 9.55. The first-order chi connectivity index (χ1) is 7.38. The number of hydrogen-bond donors (Lipinski definition) is 1. The summed E-state index contributed by atoms with van der Waals surface area (Å²) in [5.41, 5.74) is 0.